The predicted octanol–water partition coefficient (Wildman–Crippen LogP) is 5.13. The highest BCUT2D eigenvalue weighted by Gasteiger charge is 2.24. The Kier molecular flexibility index (Phi) is 5.36. The molecular weight excluding hydrogens is 312 g/mol. The zero-order chi connectivity index (χ0) is 14.7. The van der Waals surface area contributed by atoms with Crippen LogP contribution in [-0.4, -0.2) is 12.6 Å². The average Bonchev–Trinajstić information content (AvgIpc) is 2.89. The zero-order valence-electron chi connectivity index (χ0n) is 13.0. The molecule has 0 unspecified atom stereocenters. The molecule has 0 aromatic heterocycles. The molecule has 2 N–H and O–H groups in total. The molecule has 2 nitrogen and oxygen atoms in total. The molecule has 0 bridgehead atoms. The van der Waals surface area contributed by atoms with E-state index in [1.54, 1.807) is 0 Å². The number of anilines is 2. The van der Waals surface area contributed by atoms with Crippen molar-refractivity contribution in [3.05, 3.63) is 22.2 Å². The highest BCUT2D eigenvalue weighted by Crippen LogP contribution is 2.36. The van der Waals surface area contributed by atoms with Gasteiger partial charge in [0.2, 0.25) is 0 Å². The van der Waals surface area contributed by atoms with Crippen LogP contribution in [0.3, 0.4) is 0 Å². The lowest BCUT2D eigenvalue weighted by atomic mass is 10.1. The van der Waals surface area contributed by atoms with E-state index in [4.69, 9.17) is 5.73 Å². The third kappa shape index (κ3) is 3.69. The number of nitrogens with two attached hydrogens (primary N) is 1. The third-order valence-electron chi connectivity index (χ3n) is 4.36. The van der Waals surface area contributed by atoms with E-state index in [1.807, 2.05) is 0 Å². The number of hydrogen-bond donors (Lipinski definition) is 1. The van der Waals surface area contributed by atoms with E-state index >= 15 is 0 Å². The van der Waals surface area contributed by atoms with Gasteiger partial charge in [0.1, 0.15) is 0 Å². The van der Waals surface area contributed by atoms with Gasteiger partial charge in [0.25, 0.3) is 0 Å². The first-order valence-electron chi connectivity index (χ1n) is 7.81. The number of rotatable bonds is 5. The number of nitrogen functional groups attached to an aromatic ring is 1. The molecule has 2 rings (SSSR count). The molecule has 0 aliphatic heterocycles. The summed E-state index contributed by atoms with van der Waals surface area (Å²) in [7, 11) is 0. The minimum absolute atomic E-state index is 0.702. The molecule has 0 radical (unpaired) electrons. The molecule has 1 aliphatic carbocycles. The first-order valence-corrected chi connectivity index (χ1v) is 8.60. The van der Waals surface area contributed by atoms with Gasteiger partial charge in [-0.15, -0.1) is 0 Å². The van der Waals surface area contributed by atoms with Gasteiger partial charge in [0, 0.05) is 22.7 Å². The van der Waals surface area contributed by atoms with E-state index in [0.29, 0.717) is 6.04 Å². The standard InChI is InChI=1S/C17H27BrN2/c1-12(2)8-9-20(14-6-4-5-7-14)17-10-13(3)16(19)11-15(17)18/h10-12,14H,4-9,19H2,1-3H3. The maximum atomic E-state index is 6.02. The van der Waals surface area contributed by atoms with Gasteiger partial charge in [-0.2, -0.15) is 0 Å². The molecule has 0 spiro atoms. The Bertz CT molecular complexity index is 451. The quantitative estimate of drug-likeness (QED) is 0.753. The second kappa shape index (κ2) is 6.84. The fraction of sp³-hybridized carbons (Fsp3) is 0.647. The van der Waals surface area contributed by atoms with Crippen LogP contribution in [0.1, 0.15) is 51.5 Å². The first-order chi connectivity index (χ1) is 9.49. The van der Waals surface area contributed by atoms with Crippen molar-refractivity contribution in [3.63, 3.8) is 0 Å². The van der Waals surface area contributed by atoms with Crippen molar-refractivity contribution in [2.45, 2.75) is 58.9 Å². The lowest BCUT2D eigenvalue weighted by Gasteiger charge is -2.33. The molecule has 0 saturated heterocycles. The topological polar surface area (TPSA) is 29.3 Å². The lowest BCUT2D eigenvalue weighted by Crippen LogP contribution is -2.35. The summed E-state index contributed by atoms with van der Waals surface area (Å²) in [5, 5.41) is 0. The highest BCUT2D eigenvalue weighted by molar-refractivity contribution is 9.10. The molecule has 1 saturated carbocycles. The maximum Gasteiger partial charge on any atom is 0.0517 e. The first kappa shape index (κ1) is 15.7. The second-order valence-corrected chi connectivity index (χ2v) is 7.33. The molecule has 0 heterocycles. The lowest BCUT2D eigenvalue weighted by molar-refractivity contribution is 0.528. The van der Waals surface area contributed by atoms with Crippen LogP contribution in [0.5, 0.6) is 0 Å². The zero-order valence-corrected chi connectivity index (χ0v) is 14.5. The Morgan fingerprint density at radius 2 is 1.95 bits per heavy atom. The summed E-state index contributed by atoms with van der Waals surface area (Å²) in [6.45, 7) is 7.84. The van der Waals surface area contributed by atoms with Gasteiger partial charge in [0.15, 0.2) is 0 Å². The minimum atomic E-state index is 0.702. The number of aryl methyl sites for hydroxylation is 1. The number of halogens is 1. The number of benzene rings is 1. The van der Waals surface area contributed by atoms with Gasteiger partial charge in [-0.3, -0.25) is 0 Å². The predicted molar refractivity (Wildman–Crippen MR) is 92.3 cm³/mol. The van der Waals surface area contributed by atoms with E-state index in [0.717, 1.165) is 22.6 Å². The molecule has 0 amide bonds. The van der Waals surface area contributed by atoms with Crippen LogP contribution in [0.4, 0.5) is 11.4 Å². The largest absolute Gasteiger partial charge is 0.398 e. The van der Waals surface area contributed by atoms with Gasteiger partial charge in [-0.1, -0.05) is 26.7 Å². The maximum absolute atomic E-state index is 6.02. The van der Waals surface area contributed by atoms with Crippen molar-refractivity contribution in [2.24, 2.45) is 5.92 Å². The average molecular weight is 339 g/mol. The van der Waals surface area contributed by atoms with Gasteiger partial charge in [-0.25, -0.2) is 0 Å². The summed E-state index contributed by atoms with van der Waals surface area (Å²) < 4.78 is 1.14. The molecular formula is C17H27BrN2. The van der Waals surface area contributed by atoms with Gasteiger partial charge >= 0.3 is 0 Å². The summed E-state index contributed by atoms with van der Waals surface area (Å²) >= 11 is 3.71. The van der Waals surface area contributed by atoms with E-state index < -0.39 is 0 Å². The third-order valence-corrected chi connectivity index (χ3v) is 4.99. The van der Waals surface area contributed by atoms with Crippen molar-refractivity contribution >= 4 is 27.3 Å². The van der Waals surface area contributed by atoms with Crippen molar-refractivity contribution in [1.82, 2.24) is 0 Å². The Hall–Kier alpha value is -0.700. The van der Waals surface area contributed by atoms with Crippen molar-refractivity contribution in [1.29, 1.82) is 0 Å². The van der Waals surface area contributed by atoms with E-state index in [-0.39, 0.29) is 0 Å². The summed E-state index contributed by atoms with van der Waals surface area (Å²) in [6, 6.07) is 5.01. The van der Waals surface area contributed by atoms with Crippen LogP contribution in [-0.2, 0) is 0 Å². The smallest absolute Gasteiger partial charge is 0.0517 e. The fourth-order valence-electron chi connectivity index (χ4n) is 3.01. The molecule has 1 aromatic carbocycles. The second-order valence-electron chi connectivity index (χ2n) is 6.47. The normalized spacial score (nSPS) is 16.1. The Balaban J connectivity index is 2.27. The molecule has 0 atom stereocenters. The molecule has 1 fully saturated rings. The van der Waals surface area contributed by atoms with E-state index in [2.05, 4.69) is 53.7 Å². The summed E-state index contributed by atoms with van der Waals surface area (Å²) in [6.07, 6.45) is 6.64. The van der Waals surface area contributed by atoms with Crippen molar-refractivity contribution in [3.8, 4) is 0 Å². The molecule has 1 aromatic rings. The molecule has 20 heavy (non-hydrogen) atoms. The number of hydrogen-bond acceptors (Lipinski definition) is 2. The summed E-state index contributed by atoms with van der Waals surface area (Å²) in [5.74, 6) is 0.743. The van der Waals surface area contributed by atoms with Crippen LogP contribution in [0.15, 0.2) is 16.6 Å². The van der Waals surface area contributed by atoms with Crippen molar-refractivity contribution < 1.29 is 0 Å². The van der Waals surface area contributed by atoms with Gasteiger partial charge in [-0.05, 0) is 65.7 Å². The van der Waals surface area contributed by atoms with Gasteiger partial charge in [0.05, 0.1) is 5.69 Å². The minimum Gasteiger partial charge on any atom is -0.398 e. The Morgan fingerprint density at radius 3 is 2.55 bits per heavy atom. The Labute approximate surface area is 131 Å². The van der Waals surface area contributed by atoms with Crippen molar-refractivity contribution in [2.75, 3.05) is 17.2 Å². The van der Waals surface area contributed by atoms with E-state index in [9.17, 15) is 0 Å². The monoisotopic (exact) mass is 338 g/mol. The van der Waals surface area contributed by atoms with Crippen LogP contribution in [0, 0.1) is 12.8 Å². The van der Waals surface area contributed by atoms with Crippen LogP contribution in [0.25, 0.3) is 0 Å². The summed E-state index contributed by atoms with van der Waals surface area (Å²) in [5.41, 5.74) is 9.39. The molecule has 3 heteroatoms. The summed E-state index contributed by atoms with van der Waals surface area (Å²) in [4.78, 5) is 2.61. The fourth-order valence-corrected chi connectivity index (χ4v) is 3.60. The molecule has 112 valence electrons. The van der Waals surface area contributed by atoms with Crippen LogP contribution >= 0.6 is 15.9 Å². The Morgan fingerprint density at radius 1 is 1.30 bits per heavy atom. The van der Waals surface area contributed by atoms with Crippen LogP contribution in [0.2, 0.25) is 0 Å². The van der Waals surface area contributed by atoms with Crippen LogP contribution < -0.4 is 10.6 Å². The molecule has 1 aliphatic rings. The van der Waals surface area contributed by atoms with E-state index in [1.165, 1.54) is 43.4 Å². The SMILES string of the molecule is Cc1cc(N(CCC(C)C)C2CCCC2)c(Br)cc1N. The number of nitrogens with zero attached hydrogens (tertiary/aromatic N) is 1. The van der Waals surface area contributed by atoms with Gasteiger partial charge < -0.3 is 10.6 Å². The highest BCUT2D eigenvalue weighted by atomic mass is 79.9.